The smallest absolute Gasteiger partial charge is 0.236 e. The molecule has 1 aliphatic heterocycles. The molecule has 2 heterocycles. The third-order valence-corrected chi connectivity index (χ3v) is 3.39. The van der Waals surface area contributed by atoms with E-state index in [0.29, 0.717) is 24.9 Å². The molecule has 0 saturated carbocycles. The highest BCUT2D eigenvalue weighted by atomic mass is 16.4. The number of hydrogen-bond acceptors (Lipinski definition) is 6. The molecule has 1 amide bonds. The van der Waals surface area contributed by atoms with Crippen LogP contribution < -0.4 is 5.32 Å². The van der Waals surface area contributed by atoms with Crippen molar-refractivity contribution in [3.8, 4) is 0 Å². The van der Waals surface area contributed by atoms with Crippen molar-refractivity contribution >= 4 is 5.91 Å². The average Bonchev–Trinajstić information content (AvgIpc) is 2.88. The molecule has 0 aliphatic carbocycles. The van der Waals surface area contributed by atoms with Crippen LogP contribution in [0.3, 0.4) is 0 Å². The number of carbonyl (C=O) groups excluding carboxylic acids is 1. The molecular weight excluding hydrogens is 270 g/mol. The Morgan fingerprint density at radius 3 is 2.57 bits per heavy atom. The van der Waals surface area contributed by atoms with Crippen LogP contribution >= 0.6 is 0 Å². The van der Waals surface area contributed by atoms with Gasteiger partial charge in [-0.15, -0.1) is 10.2 Å². The molecule has 2 rings (SSSR count). The second-order valence-corrected chi connectivity index (χ2v) is 6.55. The molecule has 0 spiro atoms. The van der Waals surface area contributed by atoms with Gasteiger partial charge in [0.15, 0.2) is 0 Å². The Morgan fingerprint density at radius 2 is 2.00 bits per heavy atom. The van der Waals surface area contributed by atoms with E-state index in [1.54, 1.807) is 0 Å². The second kappa shape index (κ2) is 6.53. The number of carbonyl (C=O) groups is 1. The summed E-state index contributed by atoms with van der Waals surface area (Å²) in [6.07, 6.45) is 0. The number of nitrogens with one attached hydrogen (secondary N) is 1. The van der Waals surface area contributed by atoms with E-state index in [4.69, 9.17) is 4.42 Å². The minimum atomic E-state index is -0.152. The number of piperazine rings is 1. The Kier molecular flexibility index (Phi) is 4.95. The summed E-state index contributed by atoms with van der Waals surface area (Å²) in [6.45, 7) is 10.2. The SMILES string of the molecule is CN(CC(=O)N1CCNCC1)Cc1nnc(C(C)(C)C)o1. The Labute approximate surface area is 125 Å². The maximum absolute atomic E-state index is 12.2. The minimum Gasteiger partial charge on any atom is -0.423 e. The predicted molar refractivity (Wildman–Crippen MR) is 78.8 cm³/mol. The van der Waals surface area contributed by atoms with Gasteiger partial charge in [-0.25, -0.2) is 0 Å². The molecule has 7 heteroatoms. The van der Waals surface area contributed by atoms with Gasteiger partial charge in [-0.3, -0.25) is 9.69 Å². The van der Waals surface area contributed by atoms with E-state index < -0.39 is 0 Å². The van der Waals surface area contributed by atoms with E-state index in [-0.39, 0.29) is 11.3 Å². The molecule has 7 nitrogen and oxygen atoms in total. The minimum absolute atomic E-state index is 0.148. The van der Waals surface area contributed by atoms with Crippen LogP contribution in [-0.2, 0) is 16.8 Å². The first-order valence-electron chi connectivity index (χ1n) is 7.36. The number of aromatic nitrogens is 2. The summed E-state index contributed by atoms with van der Waals surface area (Å²) in [4.78, 5) is 16.0. The van der Waals surface area contributed by atoms with Crippen LogP contribution in [0.25, 0.3) is 0 Å². The van der Waals surface area contributed by atoms with Gasteiger partial charge < -0.3 is 14.6 Å². The standard InChI is InChI=1S/C14H25N5O2/c1-14(2,3)13-17-16-11(21-13)9-18(4)10-12(20)19-7-5-15-6-8-19/h15H,5-10H2,1-4H3. The van der Waals surface area contributed by atoms with Gasteiger partial charge in [0.2, 0.25) is 17.7 Å². The molecule has 118 valence electrons. The van der Waals surface area contributed by atoms with Crippen LogP contribution in [0.15, 0.2) is 4.42 Å². The fourth-order valence-corrected chi connectivity index (χ4v) is 2.15. The van der Waals surface area contributed by atoms with Gasteiger partial charge >= 0.3 is 0 Å². The normalized spacial score (nSPS) is 16.5. The highest BCUT2D eigenvalue weighted by Gasteiger charge is 2.23. The quantitative estimate of drug-likeness (QED) is 0.857. The zero-order valence-corrected chi connectivity index (χ0v) is 13.3. The molecule has 0 bridgehead atoms. The summed E-state index contributed by atoms with van der Waals surface area (Å²) in [5, 5.41) is 11.4. The molecule has 0 aromatic carbocycles. The molecule has 0 radical (unpaired) electrons. The predicted octanol–water partition coefficient (Wildman–Crippen LogP) is 0.231. The Balaban J connectivity index is 1.85. The number of hydrogen-bond donors (Lipinski definition) is 1. The summed E-state index contributed by atoms with van der Waals surface area (Å²) in [6, 6.07) is 0. The highest BCUT2D eigenvalue weighted by molar-refractivity contribution is 5.78. The van der Waals surface area contributed by atoms with Crippen molar-refractivity contribution in [2.75, 3.05) is 39.8 Å². The van der Waals surface area contributed by atoms with Crippen molar-refractivity contribution in [1.82, 2.24) is 25.3 Å². The van der Waals surface area contributed by atoms with Gasteiger partial charge in [-0.1, -0.05) is 20.8 Å². The van der Waals surface area contributed by atoms with E-state index in [1.165, 1.54) is 0 Å². The average molecular weight is 295 g/mol. The Hall–Kier alpha value is -1.47. The lowest BCUT2D eigenvalue weighted by Crippen LogP contribution is -2.49. The molecule has 1 fully saturated rings. The molecule has 1 saturated heterocycles. The van der Waals surface area contributed by atoms with Crippen molar-refractivity contribution < 1.29 is 9.21 Å². The lowest BCUT2D eigenvalue weighted by molar-refractivity contribution is -0.132. The molecule has 1 aromatic rings. The summed E-state index contributed by atoms with van der Waals surface area (Å²) >= 11 is 0. The second-order valence-electron chi connectivity index (χ2n) is 6.55. The molecular formula is C14H25N5O2. The molecule has 1 aromatic heterocycles. The number of rotatable bonds is 4. The third-order valence-electron chi connectivity index (χ3n) is 3.39. The van der Waals surface area contributed by atoms with Crippen LogP contribution in [-0.4, -0.2) is 65.7 Å². The zero-order valence-electron chi connectivity index (χ0n) is 13.3. The van der Waals surface area contributed by atoms with Crippen molar-refractivity contribution in [2.24, 2.45) is 0 Å². The van der Waals surface area contributed by atoms with Gasteiger partial charge in [0.1, 0.15) is 0 Å². The van der Waals surface area contributed by atoms with E-state index in [1.807, 2.05) is 37.6 Å². The monoisotopic (exact) mass is 295 g/mol. The van der Waals surface area contributed by atoms with Crippen molar-refractivity contribution in [3.63, 3.8) is 0 Å². The molecule has 0 unspecified atom stereocenters. The summed E-state index contributed by atoms with van der Waals surface area (Å²) in [7, 11) is 1.89. The van der Waals surface area contributed by atoms with E-state index in [9.17, 15) is 4.79 Å². The molecule has 1 N–H and O–H groups in total. The van der Waals surface area contributed by atoms with Gasteiger partial charge in [0, 0.05) is 31.6 Å². The van der Waals surface area contributed by atoms with Crippen molar-refractivity contribution in [2.45, 2.75) is 32.7 Å². The fraction of sp³-hybridized carbons (Fsp3) is 0.786. The summed E-state index contributed by atoms with van der Waals surface area (Å²) in [5.41, 5.74) is -0.152. The maximum atomic E-state index is 12.2. The lowest BCUT2D eigenvalue weighted by Gasteiger charge is -2.28. The van der Waals surface area contributed by atoms with Gasteiger partial charge in [-0.2, -0.15) is 0 Å². The van der Waals surface area contributed by atoms with Crippen LogP contribution in [0.4, 0.5) is 0 Å². The highest BCUT2D eigenvalue weighted by Crippen LogP contribution is 2.20. The van der Waals surface area contributed by atoms with Crippen LogP contribution in [0.1, 0.15) is 32.6 Å². The van der Waals surface area contributed by atoms with E-state index >= 15 is 0 Å². The first-order chi connectivity index (χ1) is 9.86. The van der Waals surface area contributed by atoms with Crippen molar-refractivity contribution in [3.05, 3.63) is 11.8 Å². The van der Waals surface area contributed by atoms with Crippen LogP contribution in [0.2, 0.25) is 0 Å². The number of likely N-dealkylation sites (N-methyl/N-ethyl adjacent to an activating group) is 1. The first-order valence-corrected chi connectivity index (χ1v) is 7.36. The molecule has 0 atom stereocenters. The number of amides is 1. The van der Waals surface area contributed by atoms with Gasteiger partial charge in [0.25, 0.3) is 0 Å². The van der Waals surface area contributed by atoms with Crippen molar-refractivity contribution in [1.29, 1.82) is 0 Å². The lowest BCUT2D eigenvalue weighted by atomic mass is 9.97. The fourth-order valence-electron chi connectivity index (χ4n) is 2.15. The summed E-state index contributed by atoms with van der Waals surface area (Å²) < 4.78 is 5.65. The Bertz CT molecular complexity index is 474. The molecule has 21 heavy (non-hydrogen) atoms. The third kappa shape index (κ3) is 4.50. The van der Waals surface area contributed by atoms with E-state index in [0.717, 1.165) is 26.2 Å². The number of nitrogens with zero attached hydrogens (tertiary/aromatic N) is 4. The van der Waals surface area contributed by atoms with Crippen LogP contribution in [0, 0.1) is 0 Å². The molecule has 1 aliphatic rings. The van der Waals surface area contributed by atoms with Crippen LogP contribution in [0.5, 0.6) is 0 Å². The largest absolute Gasteiger partial charge is 0.423 e. The maximum Gasteiger partial charge on any atom is 0.236 e. The zero-order chi connectivity index (χ0) is 15.5. The topological polar surface area (TPSA) is 74.5 Å². The Morgan fingerprint density at radius 1 is 1.33 bits per heavy atom. The summed E-state index contributed by atoms with van der Waals surface area (Å²) in [5.74, 6) is 1.32. The van der Waals surface area contributed by atoms with Gasteiger partial charge in [0.05, 0.1) is 13.1 Å². The van der Waals surface area contributed by atoms with E-state index in [2.05, 4.69) is 15.5 Å². The first kappa shape index (κ1) is 15.9. The van der Waals surface area contributed by atoms with Gasteiger partial charge in [-0.05, 0) is 7.05 Å².